The molecular weight excluding hydrogens is 411 g/mol. The minimum absolute atomic E-state index is 0.0276. The first kappa shape index (κ1) is 19.7. The van der Waals surface area contributed by atoms with Crippen LogP contribution in [0.15, 0.2) is 53.2 Å². The van der Waals surface area contributed by atoms with Gasteiger partial charge in [0.25, 0.3) is 11.8 Å². The molecule has 4 aromatic rings. The lowest BCUT2D eigenvalue weighted by Crippen LogP contribution is -2.41. The van der Waals surface area contributed by atoms with Crippen LogP contribution in [0.5, 0.6) is 0 Å². The monoisotopic (exact) mass is 426 g/mol. The summed E-state index contributed by atoms with van der Waals surface area (Å²) >= 11 is 6.09. The molecule has 0 saturated heterocycles. The number of rotatable bonds is 3. The number of nitrogens with one attached hydrogen (secondary N) is 2. The van der Waals surface area contributed by atoms with E-state index in [0.717, 1.165) is 10.9 Å². The molecule has 0 radical (unpaired) electrons. The summed E-state index contributed by atoms with van der Waals surface area (Å²) in [4.78, 5) is 25.4. The molecule has 7 nitrogen and oxygen atoms in total. The first-order valence-electron chi connectivity index (χ1n) is 8.94. The van der Waals surface area contributed by atoms with E-state index >= 15 is 0 Å². The van der Waals surface area contributed by atoms with E-state index in [4.69, 9.17) is 16.1 Å². The highest BCUT2D eigenvalue weighted by molar-refractivity contribution is 6.33. The van der Waals surface area contributed by atoms with Crippen LogP contribution >= 0.6 is 11.6 Å². The van der Waals surface area contributed by atoms with Crippen molar-refractivity contribution in [1.82, 2.24) is 20.6 Å². The SMILES string of the molecule is Cc1onc(-c2c(F)cccc2Cl)c1C(=O)NNC(=O)c1cn(C)c2ccccc12. The van der Waals surface area contributed by atoms with Gasteiger partial charge in [-0.2, -0.15) is 0 Å². The predicted octanol–water partition coefficient (Wildman–Crippen LogP) is 4.01. The first-order chi connectivity index (χ1) is 14.4. The van der Waals surface area contributed by atoms with Crippen molar-refractivity contribution in [3.63, 3.8) is 0 Å². The fraction of sp³-hybridized carbons (Fsp3) is 0.0952. The van der Waals surface area contributed by atoms with Gasteiger partial charge >= 0.3 is 0 Å². The van der Waals surface area contributed by atoms with Crippen molar-refractivity contribution in [2.75, 3.05) is 0 Å². The van der Waals surface area contributed by atoms with Crippen LogP contribution in [0.1, 0.15) is 26.5 Å². The van der Waals surface area contributed by atoms with Crippen molar-refractivity contribution in [2.24, 2.45) is 7.05 Å². The standard InChI is InChI=1S/C21H16ClFN4O3/c1-11-17(19(26-30-11)18-14(22)7-5-8-15(18)23)21(29)25-24-20(28)13-10-27(2)16-9-4-3-6-12(13)16/h3-10H,1-2H3,(H,24,28)(H,25,29). The lowest BCUT2D eigenvalue weighted by Gasteiger charge is -2.08. The molecule has 0 aliphatic heterocycles. The number of aromatic nitrogens is 2. The summed E-state index contributed by atoms with van der Waals surface area (Å²) in [7, 11) is 1.82. The summed E-state index contributed by atoms with van der Waals surface area (Å²) in [5.41, 5.74) is 5.85. The van der Waals surface area contributed by atoms with E-state index in [2.05, 4.69) is 16.0 Å². The van der Waals surface area contributed by atoms with Gasteiger partial charge in [0.05, 0.1) is 16.1 Å². The Balaban J connectivity index is 1.60. The van der Waals surface area contributed by atoms with E-state index in [0.29, 0.717) is 5.56 Å². The summed E-state index contributed by atoms with van der Waals surface area (Å²) in [5.74, 6) is -1.71. The van der Waals surface area contributed by atoms with Crippen LogP contribution < -0.4 is 10.9 Å². The van der Waals surface area contributed by atoms with Crippen LogP contribution in [0.4, 0.5) is 4.39 Å². The second-order valence-corrected chi connectivity index (χ2v) is 7.05. The number of hydrazine groups is 1. The number of fused-ring (bicyclic) bond motifs is 1. The molecule has 0 saturated carbocycles. The molecule has 0 spiro atoms. The zero-order valence-corrected chi connectivity index (χ0v) is 16.7. The molecule has 0 fully saturated rings. The normalized spacial score (nSPS) is 10.9. The summed E-state index contributed by atoms with van der Waals surface area (Å²) in [5, 5.41) is 4.60. The van der Waals surface area contributed by atoms with Crippen LogP contribution in [0.3, 0.4) is 0 Å². The summed E-state index contributed by atoms with van der Waals surface area (Å²) in [6, 6.07) is 11.5. The summed E-state index contributed by atoms with van der Waals surface area (Å²) < 4.78 is 21.2. The zero-order valence-electron chi connectivity index (χ0n) is 16.0. The Labute approximate surface area is 175 Å². The third-order valence-corrected chi connectivity index (χ3v) is 5.04. The van der Waals surface area contributed by atoms with E-state index in [1.54, 1.807) is 6.20 Å². The predicted molar refractivity (Wildman–Crippen MR) is 109 cm³/mol. The molecule has 0 aliphatic carbocycles. The maximum absolute atomic E-state index is 14.3. The number of para-hydroxylation sites is 1. The average molecular weight is 427 g/mol. The van der Waals surface area contributed by atoms with E-state index < -0.39 is 17.6 Å². The molecule has 0 atom stereocenters. The molecule has 2 heterocycles. The largest absolute Gasteiger partial charge is 0.360 e. The second kappa shape index (κ2) is 7.64. The Hall–Kier alpha value is -3.65. The van der Waals surface area contributed by atoms with Crippen LogP contribution in [-0.4, -0.2) is 21.5 Å². The Morgan fingerprint density at radius 2 is 1.83 bits per heavy atom. The summed E-state index contributed by atoms with van der Waals surface area (Å²) in [6.45, 7) is 1.51. The number of halogens is 2. The first-order valence-corrected chi connectivity index (χ1v) is 9.31. The van der Waals surface area contributed by atoms with Crippen molar-refractivity contribution < 1.29 is 18.5 Å². The van der Waals surface area contributed by atoms with Crippen molar-refractivity contribution in [2.45, 2.75) is 6.92 Å². The summed E-state index contributed by atoms with van der Waals surface area (Å²) in [6.07, 6.45) is 1.67. The smallest absolute Gasteiger partial charge is 0.275 e. The van der Waals surface area contributed by atoms with Gasteiger partial charge in [-0.05, 0) is 25.1 Å². The van der Waals surface area contributed by atoms with Gasteiger partial charge in [-0.3, -0.25) is 20.4 Å². The Morgan fingerprint density at radius 3 is 2.60 bits per heavy atom. The molecule has 2 aromatic carbocycles. The highest BCUT2D eigenvalue weighted by Gasteiger charge is 2.26. The third kappa shape index (κ3) is 3.31. The minimum atomic E-state index is -0.711. The Bertz CT molecular complexity index is 1270. The number of carbonyl (C=O) groups is 2. The van der Waals surface area contributed by atoms with Gasteiger partial charge in [0.15, 0.2) is 0 Å². The Kier molecular flexibility index (Phi) is 5.01. The highest BCUT2D eigenvalue weighted by atomic mass is 35.5. The molecule has 152 valence electrons. The minimum Gasteiger partial charge on any atom is -0.360 e. The lowest BCUT2D eigenvalue weighted by atomic mass is 10.1. The second-order valence-electron chi connectivity index (χ2n) is 6.64. The van der Waals surface area contributed by atoms with Crippen molar-refractivity contribution in [3.8, 4) is 11.3 Å². The lowest BCUT2D eigenvalue weighted by molar-refractivity contribution is 0.0847. The van der Waals surface area contributed by atoms with E-state index in [1.807, 2.05) is 35.9 Å². The molecule has 2 amide bonds. The molecule has 0 aliphatic rings. The van der Waals surface area contributed by atoms with E-state index in [1.165, 1.54) is 25.1 Å². The molecule has 0 unspecified atom stereocenters. The van der Waals surface area contributed by atoms with Gasteiger partial charge < -0.3 is 9.09 Å². The quantitative estimate of drug-likeness (QED) is 0.484. The number of benzene rings is 2. The van der Waals surface area contributed by atoms with Gasteiger partial charge in [-0.15, -0.1) is 0 Å². The van der Waals surface area contributed by atoms with Gasteiger partial charge in [0, 0.05) is 24.1 Å². The molecule has 4 rings (SSSR count). The molecule has 2 N–H and O–H groups in total. The van der Waals surface area contributed by atoms with Crippen molar-refractivity contribution >= 4 is 34.3 Å². The van der Waals surface area contributed by atoms with Gasteiger partial charge in [0.2, 0.25) is 0 Å². The number of amides is 2. The maximum Gasteiger partial charge on any atom is 0.275 e. The molecule has 30 heavy (non-hydrogen) atoms. The van der Waals surface area contributed by atoms with Crippen molar-refractivity contribution in [3.05, 3.63) is 76.4 Å². The van der Waals surface area contributed by atoms with Crippen LogP contribution in [-0.2, 0) is 7.05 Å². The molecular formula is C21H16ClFN4O3. The number of hydrogen-bond donors (Lipinski definition) is 2. The van der Waals surface area contributed by atoms with E-state index in [9.17, 15) is 14.0 Å². The van der Waals surface area contributed by atoms with Crippen LogP contribution in [0.2, 0.25) is 5.02 Å². The zero-order chi connectivity index (χ0) is 21.4. The topological polar surface area (TPSA) is 89.2 Å². The molecule has 9 heteroatoms. The maximum atomic E-state index is 14.3. The molecule has 2 aromatic heterocycles. The number of hydrogen-bond acceptors (Lipinski definition) is 4. The number of aryl methyl sites for hydroxylation is 2. The fourth-order valence-electron chi connectivity index (χ4n) is 3.30. The van der Waals surface area contributed by atoms with Crippen molar-refractivity contribution in [1.29, 1.82) is 0 Å². The van der Waals surface area contributed by atoms with Gasteiger partial charge in [-0.25, -0.2) is 4.39 Å². The fourth-order valence-corrected chi connectivity index (χ4v) is 3.55. The van der Waals surface area contributed by atoms with Gasteiger partial charge in [0.1, 0.15) is 22.8 Å². The van der Waals surface area contributed by atoms with Gasteiger partial charge in [-0.1, -0.05) is 41.0 Å². The Morgan fingerprint density at radius 1 is 1.10 bits per heavy atom. The van der Waals surface area contributed by atoms with Crippen LogP contribution in [0, 0.1) is 12.7 Å². The highest BCUT2D eigenvalue weighted by Crippen LogP contribution is 2.33. The molecule has 0 bridgehead atoms. The van der Waals surface area contributed by atoms with E-state index in [-0.39, 0.29) is 27.6 Å². The average Bonchev–Trinajstić information content (AvgIpc) is 3.26. The number of nitrogens with zero attached hydrogens (tertiary/aromatic N) is 2. The third-order valence-electron chi connectivity index (χ3n) is 4.72. The number of carbonyl (C=O) groups excluding carboxylic acids is 2. The van der Waals surface area contributed by atoms with Crippen LogP contribution in [0.25, 0.3) is 22.2 Å².